The Kier molecular flexibility index (Phi) is 4.48. The lowest BCUT2D eigenvalue weighted by Gasteiger charge is -2.18. The van der Waals surface area contributed by atoms with E-state index in [0.29, 0.717) is 31.2 Å². The highest BCUT2D eigenvalue weighted by Gasteiger charge is 2.33. The smallest absolute Gasteiger partial charge is 0.270 e. The molecule has 0 amide bonds. The molecule has 0 bridgehead atoms. The Morgan fingerprint density at radius 3 is 2.71 bits per heavy atom. The van der Waals surface area contributed by atoms with Gasteiger partial charge in [0, 0.05) is 31.8 Å². The van der Waals surface area contributed by atoms with Crippen LogP contribution in [-0.2, 0) is 10.0 Å². The van der Waals surface area contributed by atoms with E-state index in [-0.39, 0.29) is 10.6 Å². The second-order valence-corrected chi connectivity index (χ2v) is 7.13. The van der Waals surface area contributed by atoms with Gasteiger partial charge >= 0.3 is 0 Å². The molecule has 1 aliphatic heterocycles. The molecule has 21 heavy (non-hydrogen) atoms. The van der Waals surface area contributed by atoms with Crippen LogP contribution in [0.25, 0.3) is 0 Å². The summed E-state index contributed by atoms with van der Waals surface area (Å²) in [5, 5.41) is 13.9. The SMILES string of the molecule is CCNc1ccc([N+](=O)[O-])cc1S(=O)(=O)N1CCC(C)C1. The first-order valence-electron chi connectivity index (χ1n) is 6.88. The van der Waals surface area contributed by atoms with Gasteiger partial charge in [-0.1, -0.05) is 6.92 Å². The number of non-ortho nitro benzene ring substituents is 1. The summed E-state index contributed by atoms with van der Waals surface area (Å²) in [6, 6.07) is 3.90. The summed E-state index contributed by atoms with van der Waals surface area (Å²) in [7, 11) is -3.71. The highest BCUT2D eigenvalue weighted by atomic mass is 32.2. The van der Waals surface area contributed by atoms with Gasteiger partial charge in [-0.05, 0) is 25.3 Å². The quantitative estimate of drug-likeness (QED) is 0.663. The first-order chi connectivity index (χ1) is 9.86. The third kappa shape index (κ3) is 3.16. The molecule has 1 saturated heterocycles. The molecule has 0 radical (unpaired) electrons. The van der Waals surface area contributed by atoms with Crippen LogP contribution in [0, 0.1) is 16.0 Å². The van der Waals surface area contributed by atoms with E-state index in [1.807, 2.05) is 13.8 Å². The first kappa shape index (κ1) is 15.7. The number of rotatable bonds is 5. The maximum Gasteiger partial charge on any atom is 0.270 e. The molecule has 1 aromatic carbocycles. The normalized spacial score (nSPS) is 19.6. The zero-order chi connectivity index (χ0) is 15.6. The Balaban J connectivity index is 2.48. The molecule has 116 valence electrons. The van der Waals surface area contributed by atoms with Crippen molar-refractivity contribution < 1.29 is 13.3 Å². The second kappa shape index (κ2) is 5.98. The van der Waals surface area contributed by atoms with E-state index in [1.165, 1.54) is 16.4 Å². The highest BCUT2D eigenvalue weighted by molar-refractivity contribution is 7.89. The summed E-state index contributed by atoms with van der Waals surface area (Å²) in [6.45, 7) is 5.29. The lowest BCUT2D eigenvalue weighted by molar-refractivity contribution is -0.385. The number of nitro groups is 1. The molecule has 0 aliphatic carbocycles. The fraction of sp³-hybridized carbons (Fsp3) is 0.538. The van der Waals surface area contributed by atoms with Gasteiger partial charge in [-0.2, -0.15) is 4.31 Å². The third-order valence-electron chi connectivity index (χ3n) is 3.55. The summed E-state index contributed by atoms with van der Waals surface area (Å²) >= 11 is 0. The van der Waals surface area contributed by atoms with Crippen molar-refractivity contribution in [2.24, 2.45) is 5.92 Å². The minimum atomic E-state index is -3.71. The molecule has 0 aromatic heterocycles. The maximum atomic E-state index is 12.7. The Labute approximate surface area is 124 Å². The topological polar surface area (TPSA) is 92.5 Å². The number of nitro benzene ring substituents is 1. The Morgan fingerprint density at radius 1 is 1.48 bits per heavy atom. The molecule has 8 heteroatoms. The van der Waals surface area contributed by atoms with Crippen molar-refractivity contribution in [2.45, 2.75) is 25.2 Å². The van der Waals surface area contributed by atoms with Crippen molar-refractivity contribution in [1.29, 1.82) is 0 Å². The van der Waals surface area contributed by atoms with Crippen LogP contribution in [0.4, 0.5) is 11.4 Å². The van der Waals surface area contributed by atoms with E-state index in [0.717, 1.165) is 12.5 Å². The van der Waals surface area contributed by atoms with Gasteiger partial charge in [0.2, 0.25) is 10.0 Å². The summed E-state index contributed by atoms with van der Waals surface area (Å²) in [5.41, 5.74) is 0.185. The predicted octanol–water partition coefficient (Wildman–Crippen LogP) is 2.06. The molecule has 1 N–H and O–H groups in total. The van der Waals surface area contributed by atoms with Gasteiger partial charge in [0.15, 0.2) is 0 Å². The fourth-order valence-electron chi connectivity index (χ4n) is 2.43. The molecule has 0 saturated carbocycles. The van der Waals surface area contributed by atoms with Gasteiger partial charge in [0.25, 0.3) is 5.69 Å². The Bertz CT molecular complexity index is 645. The van der Waals surface area contributed by atoms with Crippen LogP contribution in [0.3, 0.4) is 0 Å². The van der Waals surface area contributed by atoms with E-state index < -0.39 is 14.9 Å². The molecular weight excluding hydrogens is 294 g/mol. The van der Waals surface area contributed by atoms with Crippen molar-refractivity contribution in [3.8, 4) is 0 Å². The number of hydrogen-bond acceptors (Lipinski definition) is 5. The highest BCUT2D eigenvalue weighted by Crippen LogP contribution is 2.31. The largest absolute Gasteiger partial charge is 0.384 e. The van der Waals surface area contributed by atoms with Crippen LogP contribution < -0.4 is 5.32 Å². The van der Waals surface area contributed by atoms with Crippen molar-refractivity contribution in [1.82, 2.24) is 4.31 Å². The molecule has 1 atom stereocenters. The molecule has 1 aromatic rings. The summed E-state index contributed by atoms with van der Waals surface area (Å²) < 4.78 is 26.8. The molecule has 0 spiro atoms. The van der Waals surface area contributed by atoms with Crippen molar-refractivity contribution in [3.63, 3.8) is 0 Å². The van der Waals surface area contributed by atoms with Crippen LogP contribution >= 0.6 is 0 Å². The monoisotopic (exact) mass is 313 g/mol. The zero-order valence-electron chi connectivity index (χ0n) is 12.1. The van der Waals surface area contributed by atoms with Gasteiger partial charge in [-0.25, -0.2) is 8.42 Å². The lowest BCUT2D eigenvalue weighted by atomic mass is 10.2. The van der Waals surface area contributed by atoms with E-state index in [9.17, 15) is 18.5 Å². The van der Waals surface area contributed by atoms with Crippen molar-refractivity contribution >= 4 is 21.4 Å². The van der Waals surface area contributed by atoms with Crippen LogP contribution in [-0.4, -0.2) is 37.3 Å². The fourth-order valence-corrected chi connectivity index (χ4v) is 4.19. The number of sulfonamides is 1. The van der Waals surface area contributed by atoms with Gasteiger partial charge < -0.3 is 5.32 Å². The minimum absolute atomic E-state index is 0.0207. The van der Waals surface area contributed by atoms with Crippen LogP contribution in [0.15, 0.2) is 23.1 Å². The Hall–Kier alpha value is -1.67. The summed E-state index contributed by atoms with van der Waals surface area (Å²) in [6.07, 6.45) is 0.810. The number of benzene rings is 1. The van der Waals surface area contributed by atoms with Gasteiger partial charge in [0.05, 0.1) is 10.6 Å². The molecule has 1 fully saturated rings. The van der Waals surface area contributed by atoms with Crippen LogP contribution in [0.5, 0.6) is 0 Å². The van der Waals surface area contributed by atoms with Gasteiger partial charge in [-0.15, -0.1) is 0 Å². The van der Waals surface area contributed by atoms with Crippen molar-refractivity contribution in [3.05, 3.63) is 28.3 Å². The van der Waals surface area contributed by atoms with Gasteiger partial charge in [-0.3, -0.25) is 10.1 Å². The van der Waals surface area contributed by atoms with Gasteiger partial charge in [0.1, 0.15) is 4.90 Å². The average molecular weight is 313 g/mol. The van der Waals surface area contributed by atoms with Crippen molar-refractivity contribution in [2.75, 3.05) is 25.0 Å². The van der Waals surface area contributed by atoms with Crippen LogP contribution in [0.2, 0.25) is 0 Å². The number of hydrogen-bond donors (Lipinski definition) is 1. The van der Waals surface area contributed by atoms with E-state index in [4.69, 9.17) is 0 Å². The molecular formula is C13H19N3O4S. The third-order valence-corrected chi connectivity index (χ3v) is 5.45. The number of nitrogens with zero attached hydrogens (tertiary/aromatic N) is 2. The predicted molar refractivity (Wildman–Crippen MR) is 79.8 cm³/mol. The lowest BCUT2D eigenvalue weighted by Crippen LogP contribution is -2.29. The van der Waals surface area contributed by atoms with E-state index in [1.54, 1.807) is 0 Å². The molecule has 7 nitrogen and oxygen atoms in total. The molecule has 1 unspecified atom stereocenters. The molecule has 2 rings (SSSR count). The first-order valence-corrected chi connectivity index (χ1v) is 8.32. The Morgan fingerprint density at radius 2 is 2.19 bits per heavy atom. The van der Waals surface area contributed by atoms with Crippen LogP contribution in [0.1, 0.15) is 20.3 Å². The number of nitrogens with one attached hydrogen (secondary N) is 1. The second-order valence-electron chi connectivity index (χ2n) is 5.22. The van der Waals surface area contributed by atoms with E-state index >= 15 is 0 Å². The summed E-state index contributed by atoms with van der Waals surface area (Å²) in [4.78, 5) is 10.3. The molecule has 1 heterocycles. The maximum absolute atomic E-state index is 12.7. The molecule has 1 aliphatic rings. The summed E-state index contributed by atoms with van der Waals surface area (Å²) in [5.74, 6) is 0.307. The standard InChI is InChI=1S/C13H19N3O4S/c1-3-14-12-5-4-11(16(17)18)8-13(12)21(19,20)15-7-6-10(2)9-15/h4-5,8,10,14H,3,6-7,9H2,1-2H3. The minimum Gasteiger partial charge on any atom is -0.384 e. The average Bonchev–Trinajstić information content (AvgIpc) is 2.86. The number of anilines is 1. The zero-order valence-corrected chi connectivity index (χ0v) is 12.9. The van der Waals surface area contributed by atoms with E-state index in [2.05, 4.69) is 5.32 Å².